The molecule has 0 radical (unpaired) electrons. The van der Waals surface area contributed by atoms with Gasteiger partial charge in [-0.15, -0.1) is 11.6 Å². The van der Waals surface area contributed by atoms with Crippen molar-refractivity contribution in [1.29, 1.82) is 0 Å². The first-order valence-electron chi connectivity index (χ1n) is 6.30. The molecule has 0 aliphatic carbocycles. The number of rotatable bonds is 1. The molecule has 16 heavy (non-hydrogen) atoms. The van der Waals surface area contributed by atoms with Gasteiger partial charge in [-0.05, 0) is 33.7 Å². The van der Waals surface area contributed by atoms with Crippen LogP contribution < -0.4 is 0 Å². The molecule has 0 N–H and O–H groups in total. The van der Waals surface area contributed by atoms with Crippen molar-refractivity contribution in [3.8, 4) is 0 Å². The molecule has 4 heteroatoms. The monoisotopic (exact) mass is 246 g/mol. The molecule has 3 nitrogen and oxygen atoms in total. The second-order valence-electron chi connectivity index (χ2n) is 5.29. The van der Waals surface area contributed by atoms with E-state index in [0.717, 1.165) is 32.5 Å². The second kappa shape index (κ2) is 5.21. The van der Waals surface area contributed by atoms with Gasteiger partial charge in [0.15, 0.2) is 0 Å². The van der Waals surface area contributed by atoms with Gasteiger partial charge in [0.05, 0.1) is 18.4 Å². The van der Waals surface area contributed by atoms with Crippen molar-refractivity contribution in [3.05, 3.63) is 0 Å². The van der Waals surface area contributed by atoms with E-state index in [1.165, 1.54) is 0 Å². The number of hydrogen-bond donors (Lipinski definition) is 0. The average Bonchev–Trinajstić information content (AvgIpc) is 2.20. The highest BCUT2D eigenvalue weighted by molar-refractivity contribution is 6.20. The number of halogens is 1. The molecule has 2 fully saturated rings. The van der Waals surface area contributed by atoms with Crippen LogP contribution in [0.2, 0.25) is 0 Å². The molecule has 2 aliphatic rings. The van der Waals surface area contributed by atoms with Crippen LogP contribution in [0, 0.1) is 0 Å². The van der Waals surface area contributed by atoms with E-state index in [9.17, 15) is 0 Å². The third-order valence-corrected chi connectivity index (χ3v) is 4.04. The highest BCUT2D eigenvalue weighted by Gasteiger charge is 2.33. The molecule has 0 amide bonds. The van der Waals surface area contributed by atoms with Crippen LogP contribution in [0.5, 0.6) is 0 Å². The zero-order chi connectivity index (χ0) is 11.7. The van der Waals surface area contributed by atoms with Crippen LogP contribution in [-0.2, 0) is 4.74 Å². The quantitative estimate of drug-likeness (QED) is 0.656. The van der Waals surface area contributed by atoms with Gasteiger partial charge in [-0.2, -0.15) is 0 Å². The molecule has 2 aliphatic heterocycles. The summed E-state index contributed by atoms with van der Waals surface area (Å²) in [7, 11) is 2.21. The van der Waals surface area contributed by atoms with Crippen molar-refractivity contribution in [3.63, 3.8) is 0 Å². The summed E-state index contributed by atoms with van der Waals surface area (Å²) >= 11 is 6.28. The summed E-state index contributed by atoms with van der Waals surface area (Å²) in [5, 5.41) is 0.342. The van der Waals surface area contributed by atoms with E-state index in [-0.39, 0.29) is 0 Å². The molecule has 0 aromatic rings. The topological polar surface area (TPSA) is 15.7 Å². The fraction of sp³-hybridized carbons (Fsp3) is 1.00. The maximum atomic E-state index is 6.28. The van der Waals surface area contributed by atoms with Gasteiger partial charge in [-0.3, -0.25) is 9.80 Å². The number of ether oxygens (including phenoxy) is 1. The minimum absolute atomic E-state index is 0.341. The maximum Gasteiger partial charge on any atom is 0.0678 e. The molecule has 4 atom stereocenters. The first-order valence-corrected chi connectivity index (χ1v) is 6.73. The third kappa shape index (κ3) is 2.89. The molecule has 2 rings (SSSR count). The summed E-state index contributed by atoms with van der Waals surface area (Å²) in [5.74, 6) is 0. The van der Waals surface area contributed by atoms with Crippen molar-refractivity contribution in [1.82, 2.24) is 9.80 Å². The largest absolute Gasteiger partial charge is 0.373 e. The van der Waals surface area contributed by atoms with Gasteiger partial charge in [-0.25, -0.2) is 0 Å². The molecular weight excluding hydrogens is 224 g/mol. The predicted molar refractivity (Wildman–Crippen MR) is 66.9 cm³/mol. The summed E-state index contributed by atoms with van der Waals surface area (Å²) in [4.78, 5) is 4.97. The number of likely N-dealkylation sites (tertiary alicyclic amines) is 1. The Labute approximate surface area is 104 Å². The zero-order valence-electron chi connectivity index (χ0n) is 10.5. The molecule has 0 spiro atoms. The minimum atomic E-state index is 0.341. The van der Waals surface area contributed by atoms with Crippen molar-refractivity contribution in [2.45, 2.75) is 50.4 Å². The minimum Gasteiger partial charge on any atom is -0.373 e. The SMILES string of the molecule is CC1CN(C2CC(Cl)CCN2C)CC(C)O1. The van der Waals surface area contributed by atoms with Gasteiger partial charge in [-0.1, -0.05) is 0 Å². The summed E-state index contributed by atoms with van der Waals surface area (Å²) in [6.07, 6.45) is 3.38. The van der Waals surface area contributed by atoms with Crippen LogP contribution in [0.1, 0.15) is 26.7 Å². The van der Waals surface area contributed by atoms with Gasteiger partial charge in [0.1, 0.15) is 0 Å². The number of piperidine rings is 1. The fourth-order valence-electron chi connectivity index (χ4n) is 2.91. The Hall–Kier alpha value is 0.170. The van der Waals surface area contributed by atoms with Gasteiger partial charge in [0.2, 0.25) is 0 Å². The summed E-state index contributed by atoms with van der Waals surface area (Å²) < 4.78 is 5.78. The fourth-order valence-corrected chi connectivity index (χ4v) is 3.17. The van der Waals surface area contributed by atoms with Gasteiger partial charge < -0.3 is 4.74 Å². The molecule has 0 aromatic carbocycles. The first-order chi connectivity index (χ1) is 7.56. The highest BCUT2D eigenvalue weighted by atomic mass is 35.5. The molecule has 0 aromatic heterocycles. The molecule has 2 heterocycles. The van der Waals surface area contributed by atoms with E-state index < -0.39 is 0 Å². The Morgan fingerprint density at radius 2 is 1.81 bits per heavy atom. The van der Waals surface area contributed by atoms with Crippen LogP contribution in [0.4, 0.5) is 0 Å². The van der Waals surface area contributed by atoms with E-state index in [1.54, 1.807) is 0 Å². The Balaban J connectivity index is 1.99. The molecule has 2 saturated heterocycles. The molecule has 4 unspecified atom stereocenters. The van der Waals surface area contributed by atoms with Crippen LogP contribution >= 0.6 is 11.6 Å². The van der Waals surface area contributed by atoms with Crippen LogP contribution in [0.15, 0.2) is 0 Å². The highest BCUT2D eigenvalue weighted by Crippen LogP contribution is 2.25. The maximum absolute atomic E-state index is 6.28. The normalized spacial score (nSPS) is 43.5. The number of hydrogen-bond acceptors (Lipinski definition) is 3. The summed E-state index contributed by atoms with van der Waals surface area (Å²) in [6, 6.07) is 0. The average molecular weight is 247 g/mol. The second-order valence-corrected chi connectivity index (χ2v) is 5.91. The lowest BCUT2D eigenvalue weighted by molar-refractivity contribution is -0.106. The van der Waals surface area contributed by atoms with E-state index in [2.05, 4.69) is 30.7 Å². The van der Waals surface area contributed by atoms with Crippen molar-refractivity contribution >= 4 is 11.6 Å². The van der Waals surface area contributed by atoms with Crippen LogP contribution in [-0.4, -0.2) is 60.2 Å². The van der Waals surface area contributed by atoms with Gasteiger partial charge in [0, 0.05) is 25.0 Å². The Morgan fingerprint density at radius 1 is 1.19 bits per heavy atom. The zero-order valence-corrected chi connectivity index (χ0v) is 11.3. The van der Waals surface area contributed by atoms with Crippen LogP contribution in [0.3, 0.4) is 0 Å². The van der Waals surface area contributed by atoms with Gasteiger partial charge >= 0.3 is 0 Å². The molecule has 0 bridgehead atoms. The third-order valence-electron chi connectivity index (χ3n) is 3.64. The van der Waals surface area contributed by atoms with E-state index in [1.807, 2.05) is 0 Å². The summed E-state index contributed by atoms with van der Waals surface area (Å²) in [6.45, 7) is 7.48. The van der Waals surface area contributed by atoms with Crippen LogP contribution in [0.25, 0.3) is 0 Å². The van der Waals surface area contributed by atoms with Crippen molar-refractivity contribution in [2.75, 3.05) is 26.7 Å². The Morgan fingerprint density at radius 3 is 2.44 bits per heavy atom. The van der Waals surface area contributed by atoms with Gasteiger partial charge in [0.25, 0.3) is 0 Å². The van der Waals surface area contributed by atoms with Crippen molar-refractivity contribution in [2.24, 2.45) is 0 Å². The first kappa shape index (κ1) is 12.6. The number of morpholine rings is 1. The standard InChI is InChI=1S/C12H23ClN2O/c1-9-7-15(8-10(2)16-9)12-6-11(13)4-5-14(12)3/h9-12H,4-8H2,1-3H3. The number of nitrogens with zero attached hydrogens (tertiary/aromatic N) is 2. The lowest BCUT2D eigenvalue weighted by atomic mass is 10.1. The molecule has 0 saturated carbocycles. The Kier molecular flexibility index (Phi) is 4.11. The van der Waals surface area contributed by atoms with Crippen molar-refractivity contribution < 1.29 is 4.74 Å². The molecular formula is C12H23ClN2O. The predicted octanol–water partition coefficient (Wildman–Crippen LogP) is 1.75. The van der Waals surface area contributed by atoms with E-state index in [0.29, 0.717) is 23.8 Å². The Bertz CT molecular complexity index is 229. The summed E-state index contributed by atoms with van der Waals surface area (Å²) in [5.41, 5.74) is 0. The number of alkyl halides is 1. The lowest BCUT2D eigenvalue weighted by Gasteiger charge is -2.46. The van der Waals surface area contributed by atoms with E-state index >= 15 is 0 Å². The molecule has 94 valence electrons. The van der Waals surface area contributed by atoms with E-state index in [4.69, 9.17) is 16.3 Å². The smallest absolute Gasteiger partial charge is 0.0678 e. The lowest BCUT2D eigenvalue weighted by Crippen LogP contribution is -2.57.